The Labute approximate surface area is 133 Å². The van der Waals surface area contributed by atoms with Crippen LogP contribution in [0.3, 0.4) is 0 Å². The summed E-state index contributed by atoms with van der Waals surface area (Å²) in [6, 6.07) is 7.31. The van der Waals surface area contributed by atoms with E-state index in [9.17, 15) is 19.7 Å². The highest BCUT2D eigenvalue weighted by Gasteiger charge is 2.26. The molecule has 8 nitrogen and oxygen atoms in total. The summed E-state index contributed by atoms with van der Waals surface area (Å²) < 4.78 is 5.33. The van der Waals surface area contributed by atoms with E-state index < -0.39 is 33.7 Å². The molecule has 0 amide bonds. The smallest absolute Gasteiger partial charge is 0.342 e. The van der Waals surface area contributed by atoms with E-state index in [2.05, 4.69) is 0 Å². The molecular weight excluding hydrogens is 330 g/mol. The van der Waals surface area contributed by atoms with Crippen LogP contribution in [0.25, 0.3) is 0 Å². The summed E-state index contributed by atoms with van der Waals surface area (Å²) in [7, 11) is 0. The molecule has 9 heteroatoms. The van der Waals surface area contributed by atoms with Crippen LogP contribution >= 0.6 is 11.6 Å². The number of rotatable bonds is 5. The van der Waals surface area contributed by atoms with Crippen LogP contribution in [0.5, 0.6) is 11.5 Å². The van der Waals surface area contributed by atoms with Crippen LogP contribution in [0.4, 0.5) is 5.69 Å². The number of nitrogens with zero attached hydrogens (tertiary/aromatic N) is 1. The Balaban J connectivity index is 2.58. The van der Waals surface area contributed by atoms with Crippen LogP contribution in [-0.4, -0.2) is 27.1 Å². The molecule has 0 aliphatic carbocycles. The molecule has 0 atom stereocenters. The topological polar surface area (TPSA) is 127 Å². The lowest BCUT2D eigenvalue weighted by atomic mass is 10.1. The van der Waals surface area contributed by atoms with Gasteiger partial charge in [0.2, 0.25) is 0 Å². The normalized spacial score (nSPS) is 10.1. The average molecular weight is 338 g/mol. The predicted molar refractivity (Wildman–Crippen MR) is 78.5 cm³/mol. The van der Waals surface area contributed by atoms with Gasteiger partial charge in [-0.05, 0) is 24.3 Å². The van der Waals surface area contributed by atoms with E-state index in [1.807, 2.05) is 0 Å². The van der Waals surface area contributed by atoms with Gasteiger partial charge in [-0.2, -0.15) is 0 Å². The fraction of sp³-hybridized carbons (Fsp3) is 0. The molecule has 0 aromatic heterocycles. The zero-order chi connectivity index (χ0) is 17.1. The van der Waals surface area contributed by atoms with Gasteiger partial charge >= 0.3 is 11.9 Å². The molecular formula is C14H8ClNO7. The van der Waals surface area contributed by atoms with Crippen LogP contribution in [0.2, 0.25) is 5.02 Å². The highest BCUT2D eigenvalue weighted by atomic mass is 35.5. The van der Waals surface area contributed by atoms with E-state index in [0.29, 0.717) is 11.1 Å². The second kappa shape index (κ2) is 6.32. The summed E-state index contributed by atoms with van der Waals surface area (Å²) in [5.41, 5.74) is -2.04. The van der Waals surface area contributed by atoms with Crippen LogP contribution in [0, 0.1) is 10.1 Å². The van der Waals surface area contributed by atoms with E-state index in [0.717, 1.165) is 6.07 Å². The molecule has 2 N–H and O–H groups in total. The second-order valence-electron chi connectivity index (χ2n) is 4.29. The first-order chi connectivity index (χ1) is 10.8. The summed E-state index contributed by atoms with van der Waals surface area (Å²) >= 11 is 5.72. The van der Waals surface area contributed by atoms with E-state index in [1.54, 1.807) is 0 Å². The molecule has 0 heterocycles. The molecule has 2 aromatic carbocycles. The first kappa shape index (κ1) is 16.2. The maximum Gasteiger partial charge on any atom is 0.342 e. The molecule has 0 aliphatic heterocycles. The average Bonchev–Trinajstić information content (AvgIpc) is 2.48. The number of hydrogen-bond donors (Lipinski definition) is 2. The number of halogens is 1. The molecule has 0 saturated heterocycles. The van der Waals surface area contributed by atoms with Gasteiger partial charge in [0.1, 0.15) is 22.6 Å². The van der Waals surface area contributed by atoms with Crippen LogP contribution < -0.4 is 4.74 Å². The van der Waals surface area contributed by atoms with E-state index in [1.165, 1.54) is 24.3 Å². The summed E-state index contributed by atoms with van der Waals surface area (Å²) in [5, 5.41) is 29.5. The number of benzene rings is 2. The fourth-order valence-corrected chi connectivity index (χ4v) is 1.90. The minimum absolute atomic E-state index is 0.196. The molecule has 23 heavy (non-hydrogen) atoms. The van der Waals surface area contributed by atoms with Gasteiger partial charge in [0.25, 0.3) is 5.69 Å². The van der Waals surface area contributed by atoms with Gasteiger partial charge in [-0.15, -0.1) is 0 Å². The molecule has 0 bridgehead atoms. The summed E-state index contributed by atoms with van der Waals surface area (Å²) in [4.78, 5) is 32.3. The highest BCUT2D eigenvalue weighted by Crippen LogP contribution is 2.32. The van der Waals surface area contributed by atoms with Crippen molar-refractivity contribution >= 4 is 29.2 Å². The van der Waals surface area contributed by atoms with Gasteiger partial charge in [-0.3, -0.25) is 10.1 Å². The standard InChI is InChI=1S/C14H8ClNO7/c15-7-1-3-8(4-2-7)23-12-6-9(13(17)18)11(16(21)22)5-10(12)14(19)20/h1-6H,(H,17,18)(H,19,20). The third kappa shape index (κ3) is 3.55. The number of carboxylic acids is 2. The summed E-state index contributed by atoms with van der Waals surface area (Å²) in [6.45, 7) is 0. The van der Waals surface area contributed by atoms with Crippen molar-refractivity contribution in [2.45, 2.75) is 0 Å². The van der Waals surface area contributed by atoms with Gasteiger partial charge in [-0.25, -0.2) is 9.59 Å². The first-order valence-electron chi connectivity index (χ1n) is 6.02. The Kier molecular flexibility index (Phi) is 4.47. The SMILES string of the molecule is O=C(O)c1cc([N+](=O)[O-])c(C(=O)O)cc1Oc1ccc(Cl)cc1. The molecule has 0 fully saturated rings. The van der Waals surface area contributed by atoms with E-state index >= 15 is 0 Å². The third-order valence-corrected chi connectivity index (χ3v) is 3.05. The van der Waals surface area contributed by atoms with Gasteiger partial charge in [-0.1, -0.05) is 11.6 Å². The Hall–Kier alpha value is -3.13. The molecule has 0 saturated carbocycles. The Morgan fingerprint density at radius 1 is 1.04 bits per heavy atom. The van der Waals surface area contributed by atoms with E-state index in [4.69, 9.17) is 26.6 Å². The van der Waals surface area contributed by atoms with Gasteiger partial charge in [0.05, 0.1) is 4.92 Å². The number of carboxylic acid groups (broad SMARTS) is 2. The van der Waals surface area contributed by atoms with Crippen LogP contribution in [0.15, 0.2) is 36.4 Å². The van der Waals surface area contributed by atoms with Crippen molar-refractivity contribution < 1.29 is 29.5 Å². The maximum atomic E-state index is 11.3. The van der Waals surface area contributed by atoms with Crippen molar-refractivity contribution in [1.29, 1.82) is 0 Å². The van der Waals surface area contributed by atoms with Crippen molar-refractivity contribution in [2.75, 3.05) is 0 Å². The third-order valence-electron chi connectivity index (χ3n) is 2.80. The van der Waals surface area contributed by atoms with Crippen molar-refractivity contribution in [3.8, 4) is 11.5 Å². The second-order valence-corrected chi connectivity index (χ2v) is 4.73. The Morgan fingerprint density at radius 3 is 2.09 bits per heavy atom. The van der Waals surface area contributed by atoms with Gasteiger partial charge in [0.15, 0.2) is 0 Å². The molecule has 2 aromatic rings. The number of carbonyl (C=O) groups is 2. The Bertz CT molecular complexity index is 802. The quantitative estimate of drug-likeness (QED) is 0.631. The lowest BCUT2D eigenvalue weighted by molar-refractivity contribution is -0.385. The monoisotopic (exact) mass is 337 g/mol. The largest absolute Gasteiger partial charge is 0.478 e. The highest BCUT2D eigenvalue weighted by molar-refractivity contribution is 6.30. The van der Waals surface area contributed by atoms with Gasteiger partial charge < -0.3 is 14.9 Å². The lowest BCUT2D eigenvalue weighted by Gasteiger charge is -2.10. The fourth-order valence-electron chi connectivity index (χ4n) is 1.77. The minimum Gasteiger partial charge on any atom is -0.478 e. The molecule has 0 aliphatic rings. The minimum atomic E-state index is -1.57. The number of nitro benzene ring substituents is 1. The van der Waals surface area contributed by atoms with Crippen molar-refractivity contribution in [2.24, 2.45) is 0 Å². The number of aromatic carboxylic acids is 2. The van der Waals surface area contributed by atoms with Crippen LogP contribution in [-0.2, 0) is 0 Å². The van der Waals surface area contributed by atoms with Crippen molar-refractivity contribution in [3.05, 3.63) is 62.7 Å². The summed E-state index contributed by atoms with van der Waals surface area (Å²) in [5.74, 6) is -3.20. The molecule has 0 unspecified atom stereocenters. The maximum absolute atomic E-state index is 11.3. The lowest BCUT2D eigenvalue weighted by Crippen LogP contribution is -2.08. The molecule has 2 rings (SSSR count). The van der Waals surface area contributed by atoms with Crippen LogP contribution in [0.1, 0.15) is 20.7 Å². The summed E-state index contributed by atoms with van der Waals surface area (Å²) in [6.07, 6.45) is 0. The van der Waals surface area contributed by atoms with Crippen molar-refractivity contribution in [1.82, 2.24) is 0 Å². The Morgan fingerprint density at radius 2 is 1.61 bits per heavy atom. The van der Waals surface area contributed by atoms with Crippen molar-refractivity contribution in [3.63, 3.8) is 0 Å². The molecule has 0 spiro atoms. The molecule has 118 valence electrons. The zero-order valence-electron chi connectivity index (χ0n) is 11.2. The van der Waals surface area contributed by atoms with Gasteiger partial charge in [0, 0.05) is 17.2 Å². The number of hydrogen-bond acceptors (Lipinski definition) is 5. The zero-order valence-corrected chi connectivity index (χ0v) is 12.0. The predicted octanol–water partition coefficient (Wildman–Crippen LogP) is 3.44. The van der Waals surface area contributed by atoms with E-state index in [-0.39, 0.29) is 11.5 Å². The molecule has 0 radical (unpaired) electrons. The number of nitro groups is 1. The first-order valence-corrected chi connectivity index (χ1v) is 6.40. The number of ether oxygens (including phenoxy) is 1.